The molecule has 0 aliphatic carbocycles. The van der Waals surface area contributed by atoms with E-state index in [1.165, 1.54) is 5.56 Å². The summed E-state index contributed by atoms with van der Waals surface area (Å²) in [7, 11) is 0. The van der Waals surface area contributed by atoms with Crippen molar-refractivity contribution in [2.24, 2.45) is 0 Å². The third-order valence-electron chi connectivity index (χ3n) is 6.29. The Morgan fingerprint density at radius 1 is 1.08 bits per heavy atom. The van der Waals surface area contributed by atoms with Gasteiger partial charge in [-0.05, 0) is 64.4 Å². The molecule has 0 N–H and O–H groups in total. The van der Waals surface area contributed by atoms with Gasteiger partial charge in [-0.1, -0.05) is 53.5 Å². The third-order valence-corrected chi connectivity index (χ3v) is 8.77. The van der Waals surface area contributed by atoms with Gasteiger partial charge >= 0.3 is 0 Å². The van der Waals surface area contributed by atoms with Crippen LogP contribution >= 0.6 is 51.6 Å². The highest BCUT2D eigenvalue weighted by Gasteiger charge is 2.17. The van der Waals surface area contributed by atoms with Crippen molar-refractivity contribution in [2.45, 2.75) is 19.6 Å². The number of morpholine rings is 1. The molecule has 5 rings (SSSR count). The molecule has 3 heterocycles. The third kappa shape index (κ3) is 6.47. The topological polar surface area (TPSA) is 52.4 Å². The molecular weight excluding hydrogens is 641 g/mol. The van der Waals surface area contributed by atoms with E-state index in [0.717, 1.165) is 66.3 Å². The van der Waals surface area contributed by atoms with Crippen molar-refractivity contribution < 1.29 is 9.47 Å². The molecule has 2 aromatic heterocycles. The highest BCUT2D eigenvalue weighted by Crippen LogP contribution is 2.36. The van der Waals surface area contributed by atoms with Gasteiger partial charge in [0.15, 0.2) is 0 Å². The van der Waals surface area contributed by atoms with E-state index in [1.807, 2.05) is 29.6 Å². The minimum Gasteiger partial charge on any atom is -0.486 e. The van der Waals surface area contributed by atoms with Crippen LogP contribution in [-0.2, 0) is 11.3 Å². The van der Waals surface area contributed by atoms with Gasteiger partial charge in [0.05, 0.1) is 40.8 Å². The summed E-state index contributed by atoms with van der Waals surface area (Å²) in [5.41, 5.74) is 5.13. The molecule has 0 bridgehead atoms. The van der Waals surface area contributed by atoms with Crippen LogP contribution in [0.25, 0.3) is 23.1 Å². The fourth-order valence-electron chi connectivity index (χ4n) is 4.38. The number of hydrogen-bond donors (Lipinski definition) is 0. The second-order valence-corrected chi connectivity index (χ2v) is 11.7. The van der Waals surface area contributed by atoms with Crippen LogP contribution in [0.4, 0.5) is 0 Å². The molecule has 1 fully saturated rings. The highest BCUT2D eigenvalue weighted by atomic mass is 127. The molecule has 1 saturated heterocycles. The Labute approximate surface area is 241 Å². The number of ether oxygens (including phenoxy) is 2. The van der Waals surface area contributed by atoms with Crippen LogP contribution < -0.4 is 4.74 Å². The summed E-state index contributed by atoms with van der Waals surface area (Å²) in [5, 5.41) is 6.83. The number of nitrogens with zero attached hydrogens (tertiary/aromatic N) is 4. The van der Waals surface area contributed by atoms with Gasteiger partial charge < -0.3 is 9.47 Å². The smallest absolute Gasteiger partial charge is 0.124 e. The van der Waals surface area contributed by atoms with E-state index in [9.17, 15) is 0 Å². The molecule has 2 aromatic carbocycles. The van der Waals surface area contributed by atoms with E-state index in [2.05, 4.69) is 68.3 Å². The van der Waals surface area contributed by atoms with Crippen molar-refractivity contribution in [3.05, 3.63) is 87.3 Å². The summed E-state index contributed by atoms with van der Waals surface area (Å²) in [6.45, 7) is 6.49. The second kappa shape index (κ2) is 12.4. The highest BCUT2D eigenvalue weighted by molar-refractivity contribution is 14.2. The van der Waals surface area contributed by atoms with Crippen LogP contribution in [0.1, 0.15) is 35.4 Å². The maximum absolute atomic E-state index is 6.33. The fraction of sp³-hybridized carbons (Fsp3) is 0.259. The molecule has 0 radical (unpaired) electrons. The standard InChI is InChI=1S/C27H26Cl2IN4O2P/c1-18(27-23(28)15-31-16-24(27)29)36-21-7-9-26-22(14-21)25(32-34(26)37-30)8-6-19-2-4-20(5-3-19)17-33-10-12-35-13-11-33/h2-9,14-16,18,37H,10-13,17H2,1H3/b8-6+. The first-order valence-corrected chi connectivity index (χ1v) is 16.8. The van der Waals surface area contributed by atoms with Crippen molar-refractivity contribution in [1.82, 2.24) is 19.4 Å². The average molecular weight is 667 g/mol. The minimum atomic E-state index is -0.336. The van der Waals surface area contributed by atoms with Gasteiger partial charge in [-0.3, -0.25) is 9.88 Å². The summed E-state index contributed by atoms with van der Waals surface area (Å²) in [4.78, 5) is 6.46. The van der Waals surface area contributed by atoms with Crippen molar-refractivity contribution in [3.8, 4) is 5.75 Å². The average Bonchev–Trinajstić information content (AvgIpc) is 3.26. The zero-order valence-electron chi connectivity index (χ0n) is 20.2. The van der Waals surface area contributed by atoms with Crippen LogP contribution in [0.2, 0.25) is 10.0 Å². The Hall–Kier alpha value is -1.74. The van der Waals surface area contributed by atoms with Gasteiger partial charge in [-0.15, -0.1) is 0 Å². The minimum absolute atomic E-state index is 0.336. The lowest BCUT2D eigenvalue weighted by molar-refractivity contribution is 0.0342. The maximum atomic E-state index is 6.33. The number of aromatic nitrogens is 3. The predicted octanol–water partition coefficient (Wildman–Crippen LogP) is 7.67. The number of benzene rings is 2. The molecule has 192 valence electrons. The van der Waals surface area contributed by atoms with E-state index in [-0.39, 0.29) is 6.10 Å². The zero-order valence-corrected chi connectivity index (χ0v) is 24.9. The molecule has 10 heteroatoms. The monoisotopic (exact) mass is 666 g/mol. The first-order valence-electron chi connectivity index (χ1n) is 11.9. The van der Waals surface area contributed by atoms with E-state index in [4.69, 9.17) is 37.8 Å². The zero-order chi connectivity index (χ0) is 25.8. The van der Waals surface area contributed by atoms with Crippen LogP contribution in [0, 0.1) is 0 Å². The van der Waals surface area contributed by atoms with E-state index < -0.39 is 0 Å². The quantitative estimate of drug-likeness (QED) is 0.143. The van der Waals surface area contributed by atoms with Gasteiger partial charge in [0.1, 0.15) is 11.9 Å². The number of rotatable bonds is 8. The fourth-order valence-corrected chi connectivity index (χ4v) is 6.59. The van der Waals surface area contributed by atoms with Crippen LogP contribution in [0.5, 0.6) is 5.75 Å². The Morgan fingerprint density at radius 2 is 1.81 bits per heavy atom. The van der Waals surface area contributed by atoms with Crippen molar-refractivity contribution >= 4 is 74.7 Å². The first kappa shape index (κ1) is 26.9. The first-order chi connectivity index (χ1) is 18.0. The predicted molar refractivity (Wildman–Crippen MR) is 162 cm³/mol. The molecule has 0 spiro atoms. The number of halogens is 3. The van der Waals surface area contributed by atoms with E-state index >= 15 is 0 Å². The molecule has 1 aliphatic rings. The largest absolute Gasteiger partial charge is 0.486 e. The van der Waals surface area contributed by atoms with Gasteiger partial charge in [0.25, 0.3) is 0 Å². The Kier molecular flexibility index (Phi) is 9.01. The molecular formula is C27H26Cl2IN4O2P. The molecule has 2 unspecified atom stereocenters. The normalized spacial score (nSPS) is 15.8. The molecule has 6 nitrogen and oxygen atoms in total. The van der Waals surface area contributed by atoms with Crippen LogP contribution in [-0.4, -0.2) is 45.7 Å². The van der Waals surface area contributed by atoms with Gasteiger partial charge in [0, 0.05) is 43.0 Å². The summed E-state index contributed by atoms with van der Waals surface area (Å²) < 4.78 is 13.7. The van der Waals surface area contributed by atoms with E-state index in [0.29, 0.717) is 16.4 Å². The second-order valence-electron chi connectivity index (χ2n) is 8.80. The van der Waals surface area contributed by atoms with Crippen molar-refractivity contribution in [1.29, 1.82) is 0 Å². The number of pyridine rings is 1. The summed E-state index contributed by atoms with van der Waals surface area (Å²) >= 11 is 15.0. The Morgan fingerprint density at radius 3 is 2.51 bits per heavy atom. The lowest BCUT2D eigenvalue weighted by atomic mass is 10.1. The lowest BCUT2D eigenvalue weighted by Gasteiger charge is -2.26. The summed E-state index contributed by atoms with van der Waals surface area (Å²) in [6, 6.07) is 14.7. The van der Waals surface area contributed by atoms with Crippen molar-refractivity contribution in [2.75, 3.05) is 26.3 Å². The number of fused-ring (bicyclic) bond motifs is 1. The molecule has 37 heavy (non-hydrogen) atoms. The van der Waals surface area contributed by atoms with Gasteiger partial charge in [-0.2, -0.15) is 5.10 Å². The van der Waals surface area contributed by atoms with Crippen LogP contribution in [0.3, 0.4) is 0 Å². The van der Waals surface area contributed by atoms with Crippen molar-refractivity contribution in [3.63, 3.8) is 0 Å². The number of hydrogen-bond acceptors (Lipinski definition) is 5. The summed E-state index contributed by atoms with van der Waals surface area (Å²) in [5.74, 6) is 0.724. The SMILES string of the molecule is CC(Oc1ccc2c(c1)c(/C=C/c1ccc(CN3CCOCC3)cc1)nn2PI)c1c(Cl)cncc1Cl. The molecule has 0 amide bonds. The Balaban J connectivity index is 1.35. The van der Waals surface area contributed by atoms with E-state index in [1.54, 1.807) is 12.4 Å². The molecule has 2 atom stereocenters. The maximum Gasteiger partial charge on any atom is 0.124 e. The Bertz CT molecular complexity index is 1390. The van der Waals surface area contributed by atoms with Crippen LogP contribution in [0.15, 0.2) is 54.9 Å². The van der Waals surface area contributed by atoms with Gasteiger partial charge in [-0.25, -0.2) is 4.45 Å². The summed E-state index contributed by atoms with van der Waals surface area (Å²) in [6.07, 6.45) is 7.48. The molecule has 4 aromatic rings. The molecule has 1 aliphatic heterocycles. The van der Waals surface area contributed by atoms with Gasteiger partial charge in [0.2, 0.25) is 0 Å². The lowest BCUT2D eigenvalue weighted by Crippen LogP contribution is -2.35. The molecule has 0 saturated carbocycles.